The molecule has 0 saturated heterocycles. The zero-order chi connectivity index (χ0) is 13.8. The number of aromatic nitrogens is 1. The highest BCUT2D eigenvalue weighted by molar-refractivity contribution is 6.42. The number of nitrogens with zero attached hydrogens (tertiary/aromatic N) is 1. The van der Waals surface area contributed by atoms with Crippen molar-refractivity contribution in [2.75, 3.05) is 7.05 Å². The van der Waals surface area contributed by atoms with Crippen molar-refractivity contribution in [1.82, 2.24) is 10.3 Å². The fourth-order valence-electron chi connectivity index (χ4n) is 2.11. The molecule has 1 atom stereocenters. The Morgan fingerprint density at radius 1 is 1.21 bits per heavy atom. The number of halogens is 2. The molecule has 0 bridgehead atoms. The Bertz CT molecular complexity index is 570. The summed E-state index contributed by atoms with van der Waals surface area (Å²) in [5.74, 6) is 0. The molecule has 1 aromatic carbocycles. The summed E-state index contributed by atoms with van der Waals surface area (Å²) in [5.41, 5.74) is 3.59. The number of hydrogen-bond donors (Lipinski definition) is 1. The summed E-state index contributed by atoms with van der Waals surface area (Å²) in [6.07, 6.45) is 4.57. The van der Waals surface area contributed by atoms with E-state index in [4.69, 9.17) is 23.2 Å². The van der Waals surface area contributed by atoms with Crippen molar-refractivity contribution in [3.63, 3.8) is 0 Å². The molecule has 1 heterocycles. The Kier molecular flexibility index (Phi) is 4.81. The molecular formula is C15H16Cl2N2. The monoisotopic (exact) mass is 294 g/mol. The second-order valence-corrected chi connectivity index (χ2v) is 5.34. The molecule has 100 valence electrons. The molecule has 19 heavy (non-hydrogen) atoms. The lowest BCUT2D eigenvalue weighted by Gasteiger charge is -2.18. The van der Waals surface area contributed by atoms with E-state index in [2.05, 4.69) is 17.2 Å². The summed E-state index contributed by atoms with van der Waals surface area (Å²) in [4.78, 5) is 4.20. The van der Waals surface area contributed by atoms with E-state index in [1.807, 2.05) is 43.7 Å². The molecule has 2 nitrogen and oxygen atoms in total. The molecule has 4 heteroatoms. The molecular weight excluding hydrogens is 279 g/mol. The van der Waals surface area contributed by atoms with Crippen LogP contribution < -0.4 is 5.32 Å². The normalized spacial score (nSPS) is 12.4. The second-order valence-electron chi connectivity index (χ2n) is 4.53. The standard InChI is InChI=1S/C15H16Cl2N2/c1-10-5-6-19-9-12(10)15(18-2)8-11-3-4-13(16)14(17)7-11/h3-7,9,15,18H,8H2,1-2H3. The smallest absolute Gasteiger partial charge is 0.0595 e. The molecule has 0 spiro atoms. The lowest BCUT2D eigenvalue weighted by molar-refractivity contribution is 0.587. The molecule has 0 aliphatic carbocycles. The third-order valence-electron chi connectivity index (χ3n) is 3.23. The lowest BCUT2D eigenvalue weighted by Crippen LogP contribution is -2.20. The Hall–Kier alpha value is -1.09. The first-order valence-electron chi connectivity index (χ1n) is 6.13. The van der Waals surface area contributed by atoms with Crippen LogP contribution in [0.5, 0.6) is 0 Å². The van der Waals surface area contributed by atoms with E-state index in [1.165, 1.54) is 11.1 Å². The first-order valence-corrected chi connectivity index (χ1v) is 6.89. The first-order chi connectivity index (χ1) is 9.11. The molecule has 0 radical (unpaired) electrons. The van der Waals surface area contributed by atoms with Gasteiger partial charge in [-0.1, -0.05) is 29.3 Å². The van der Waals surface area contributed by atoms with E-state index in [0.29, 0.717) is 10.0 Å². The Balaban J connectivity index is 2.24. The highest BCUT2D eigenvalue weighted by Crippen LogP contribution is 2.26. The van der Waals surface area contributed by atoms with Crippen molar-refractivity contribution < 1.29 is 0 Å². The highest BCUT2D eigenvalue weighted by atomic mass is 35.5. The van der Waals surface area contributed by atoms with Gasteiger partial charge in [0.2, 0.25) is 0 Å². The number of pyridine rings is 1. The van der Waals surface area contributed by atoms with E-state index < -0.39 is 0 Å². The maximum Gasteiger partial charge on any atom is 0.0595 e. The summed E-state index contributed by atoms with van der Waals surface area (Å²) >= 11 is 12.0. The van der Waals surface area contributed by atoms with Crippen molar-refractivity contribution >= 4 is 23.2 Å². The Morgan fingerprint density at radius 3 is 2.63 bits per heavy atom. The van der Waals surface area contributed by atoms with Gasteiger partial charge < -0.3 is 5.32 Å². The first kappa shape index (κ1) is 14.3. The van der Waals surface area contributed by atoms with Crippen LogP contribution in [0.3, 0.4) is 0 Å². The Morgan fingerprint density at radius 2 is 2.00 bits per heavy atom. The predicted molar refractivity (Wildman–Crippen MR) is 80.9 cm³/mol. The summed E-state index contributed by atoms with van der Waals surface area (Å²) in [5, 5.41) is 4.51. The van der Waals surface area contributed by atoms with Gasteiger partial charge in [-0.25, -0.2) is 0 Å². The van der Waals surface area contributed by atoms with Gasteiger partial charge in [0, 0.05) is 18.4 Å². The third-order valence-corrected chi connectivity index (χ3v) is 3.97. The minimum atomic E-state index is 0.214. The SMILES string of the molecule is CNC(Cc1ccc(Cl)c(Cl)c1)c1cnccc1C. The number of aryl methyl sites for hydroxylation is 1. The van der Waals surface area contributed by atoms with Crippen LogP contribution >= 0.6 is 23.2 Å². The quantitative estimate of drug-likeness (QED) is 0.914. The van der Waals surface area contributed by atoms with Crippen molar-refractivity contribution in [3.8, 4) is 0 Å². The number of nitrogens with one attached hydrogen (secondary N) is 1. The van der Waals surface area contributed by atoms with Crippen molar-refractivity contribution in [3.05, 3.63) is 63.4 Å². The van der Waals surface area contributed by atoms with Gasteiger partial charge in [-0.3, -0.25) is 4.98 Å². The molecule has 0 fully saturated rings. The van der Waals surface area contributed by atoms with Crippen LogP contribution in [0.2, 0.25) is 10.0 Å². The highest BCUT2D eigenvalue weighted by Gasteiger charge is 2.13. The number of hydrogen-bond acceptors (Lipinski definition) is 2. The maximum atomic E-state index is 6.05. The fourth-order valence-corrected chi connectivity index (χ4v) is 2.43. The minimum absolute atomic E-state index is 0.214. The molecule has 1 aromatic heterocycles. The van der Waals surface area contributed by atoms with E-state index in [9.17, 15) is 0 Å². The van der Waals surface area contributed by atoms with Crippen LogP contribution in [0.25, 0.3) is 0 Å². The molecule has 0 amide bonds. The third kappa shape index (κ3) is 3.47. The van der Waals surface area contributed by atoms with E-state index in [1.54, 1.807) is 0 Å². The summed E-state index contributed by atoms with van der Waals surface area (Å²) in [6, 6.07) is 7.99. The van der Waals surface area contributed by atoms with Crippen LogP contribution in [0.4, 0.5) is 0 Å². The van der Waals surface area contributed by atoms with Gasteiger partial charge in [0.25, 0.3) is 0 Å². The number of rotatable bonds is 4. The summed E-state index contributed by atoms with van der Waals surface area (Å²) < 4.78 is 0. The van der Waals surface area contributed by atoms with Crippen LogP contribution in [-0.2, 0) is 6.42 Å². The van der Waals surface area contributed by atoms with Gasteiger partial charge in [-0.15, -0.1) is 0 Å². The Labute approximate surface area is 123 Å². The molecule has 2 aromatic rings. The van der Waals surface area contributed by atoms with Gasteiger partial charge in [-0.05, 0) is 55.3 Å². The number of benzene rings is 1. The average molecular weight is 295 g/mol. The largest absolute Gasteiger partial charge is 0.313 e. The van der Waals surface area contributed by atoms with Gasteiger partial charge in [0.15, 0.2) is 0 Å². The van der Waals surface area contributed by atoms with Gasteiger partial charge in [0.05, 0.1) is 10.0 Å². The molecule has 1 N–H and O–H groups in total. The van der Waals surface area contributed by atoms with Crippen molar-refractivity contribution in [1.29, 1.82) is 0 Å². The van der Waals surface area contributed by atoms with Gasteiger partial charge in [-0.2, -0.15) is 0 Å². The predicted octanol–water partition coefficient (Wildman–Crippen LogP) is 4.20. The zero-order valence-corrected chi connectivity index (χ0v) is 12.5. The van der Waals surface area contributed by atoms with Crippen LogP contribution in [-0.4, -0.2) is 12.0 Å². The van der Waals surface area contributed by atoms with Crippen molar-refractivity contribution in [2.45, 2.75) is 19.4 Å². The maximum absolute atomic E-state index is 6.05. The topological polar surface area (TPSA) is 24.9 Å². The minimum Gasteiger partial charge on any atom is -0.313 e. The number of likely N-dealkylation sites (N-methyl/N-ethyl adjacent to an activating group) is 1. The van der Waals surface area contributed by atoms with Gasteiger partial charge >= 0.3 is 0 Å². The van der Waals surface area contributed by atoms with Crippen LogP contribution in [0.15, 0.2) is 36.7 Å². The summed E-state index contributed by atoms with van der Waals surface area (Å²) in [7, 11) is 1.95. The van der Waals surface area contributed by atoms with Gasteiger partial charge in [0.1, 0.15) is 0 Å². The molecule has 0 aliphatic rings. The van der Waals surface area contributed by atoms with E-state index >= 15 is 0 Å². The lowest BCUT2D eigenvalue weighted by atomic mass is 9.97. The zero-order valence-electron chi connectivity index (χ0n) is 11.0. The molecule has 1 unspecified atom stereocenters. The second kappa shape index (κ2) is 6.38. The van der Waals surface area contributed by atoms with Crippen LogP contribution in [0.1, 0.15) is 22.7 Å². The van der Waals surface area contributed by atoms with E-state index in [-0.39, 0.29) is 6.04 Å². The van der Waals surface area contributed by atoms with Crippen molar-refractivity contribution in [2.24, 2.45) is 0 Å². The summed E-state index contributed by atoms with van der Waals surface area (Å²) in [6.45, 7) is 2.09. The van der Waals surface area contributed by atoms with Crippen LogP contribution in [0, 0.1) is 6.92 Å². The molecule has 2 rings (SSSR count). The average Bonchev–Trinajstić information content (AvgIpc) is 2.41. The molecule has 0 saturated carbocycles. The molecule has 0 aliphatic heterocycles. The fraction of sp³-hybridized carbons (Fsp3) is 0.267. The van der Waals surface area contributed by atoms with E-state index in [0.717, 1.165) is 12.0 Å².